The second kappa shape index (κ2) is 7.13. The van der Waals surface area contributed by atoms with E-state index < -0.39 is 24.0 Å². The Morgan fingerprint density at radius 1 is 1.39 bits per heavy atom. The zero-order valence-electron chi connectivity index (χ0n) is 13.0. The van der Waals surface area contributed by atoms with Crippen molar-refractivity contribution in [2.24, 2.45) is 11.7 Å². The van der Waals surface area contributed by atoms with Crippen molar-refractivity contribution < 1.29 is 19.5 Å². The number of aliphatic carboxylic acids is 1. The number of rotatable bonds is 5. The maximum Gasteiger partial charge on any atom is 0.312 e. The number of amides is 3. The Kier molecular flexibility index (Phi) is 5.20. The number of likely N-dealkylation sites (tertiary alicyclic amines) is 1. The normalized spacial score (nSPS) is 18.5. The number of carbonyl (C=O) groups is 3. The summed E-state index contributed by atoms with van der Waals surface area (Å²) in [5.41, 5.74) is 6.99. The lowest BCUT2D eigenvalue weighted by atomic mass is 9.98. The molecule has 124 valence electrons. The average molecular weight is 319 g/mol. The number of nitrogens with zero attached hydrogens (tertiary/aromatic N) is 1. The van der Waals surface area contributed by atoms with Crippen molar-refractivity contribution in [1.82, 2.24) is 10.2 Å². The van der Waals surface area contributed by atoms with Crippen molar-refractivity contribution in [3.05, 3.63) is 35.4 Å². The number of carbonyl (C=O) groups excluding carboxylic acids is 2. The summed E-state index contributed by atoms with van der Waals surface area (Å²) < 4.78 is 0. The maximum atomic E-state index is 12.4. The molecule has 0 spiro atoms. The summed E-state index contributed by atoms with van der Waals surface area (Å²) in [6.07, 6.45) is 0.513. The van der Waals surface area contributed by atoms with Crippen LogP contribution in [0.4, 0.5) is 4.79 Å². The number of urea groups is 1. The molecule has 1 aromatic rings. The summed E-state index contributed by atoms with van der Waals surface area (Å²) in [6.45, 7) is 2.53. The molecule has 0 saturated carbocycles. The van der Waals surface area contributed by atoms with Gasteiger partial charge in [0, 0.05) is 13.1 Å². The molecule has 0 aromatic heterocycles. The van der Waals surface area contributed by atoms with Gasteiger partial charge in [-0.1, -0.05) is 24.3 Å². The van der Waals surface area contributed by atoms with Crippen LogP contribution in [0.1, 0.15) is 30.0 Å². The summed E-state index contributed by atoms with van der Waals surface area (Å²) in [6, 6.07) is 6.22. The van der Waals surface area contributed by atoms with E-state index in [4.69, 9.17) is 10.8 Å². The molecule has 1 saturated heterocycles. The number of aryl methyl sites for hydroxylation is 1. The molecule has 0 unspecified atom stereocenters. The SMILES string of the molecule is Cc1ccccc1[C@@H](CC(=O)N1CC[C@@H](C(=O)O)C1)NC(N)=O. The Labute approximate surface area is 134 Å². The molecule has 2 rings (SSSR count). The number of carboxylic acids is 1. The summed E-state index contributed by atoms with van der Waals surface area (Å²) in [5, 5.41) is 11.6. The number of primary amides is 1. The van der Waals surface area contributed by atoms with Gasteiger partial charge >= 0.3 is 12.0 Å². The zero-order valence-corrected chi connectivity index (χ0v) is 13.0. The van der Waals surface area contributed by atoms with Crippen LogP contribution in [-0.4, -0.2) is 41.0 Å². The highest BCUT2D eigenvalue weighted by Crippen LogP contribution is 2.24. The van der Waals surface area contributed by atoms with Gasteiger partial charge in [-0.2, -0.15) is 0 Å². The van der Waals surface area contributed by atoms with Crippen LogP contribution >= 0.6 is 0 Å². The minimum atomic E-state index is -0.883. The summed E-state index contributed by atoms with van der Waals surface area (Å²) in [7, 11) is 0. The zero-order chi connectivity index (χ0) is 17.0. The minimum Gasteiger partial charge on any atom is -0.481 e. The van der Waals surface area contributed by atoms with Gasteiger partial charge in [0.15, 0.2) is 0 Å². The lowest BCUT2D eigenvalue weighted by Crippen LogP contribution is -2.38. The van der Waals surface area contributed by atoms with Gasteiger partial charge in [-0.15, -0.1) is 0 Å². The lowest BCUT2D eigenvalue weighted by molar-refractivity contribution is -0.141. The molecular weight excluding hydrogens is 298 g/mol. The monoisotopic (exact) mass is 319 g/mol. The van der Waals surface area contributed by atoms with E-state index in [1.54, 1.807) is 0 Å². The fourth-order valence-electron chi connectivity index (χ4n) is 2.88. The quantitative estimate of drug-likeness (QED) is 0.752. The first-order chi connectivity index (χ1) is 10.9. The van der Waals surface area contributed by atoms with E-state index in [9.17, 15) is 14.4 Å². The molecule has 1 fully saturated rings. The van der Waals surface area contributed by atoms with Crippen LogP contribution in [0.5, 0.6) is 0 Å². The Hall–Kier alpha value is -2.57. The molecule has 1 aliphatic rings. The first kappa shape index (κ1) is 16.8. The second-order valence-electron chi connectivity index (χ2n) is 5.79. The maximum absolute atomic E-state index is 12.4. The third-order valence-electron chi connectivity index (χ3n) is 4.15. The summed E-state index contributed by atoms with van der Waals surface area (Å²) in [4.78, 5) is 36.2. The van der Waals surface area contributed by atoms with E-state index in [1.165, 1.54) is 4.90 Å². The smallest absolute Gasteiger partial charge is 0.312 e. The van der Waals surface area contributed by atoms with Crippen molar-refractivity contribution in [1.29, 1.82) is 0 Å². The topological polar surface area (TPSA) is 113 Å². The van der Waals surface area contributed by atoms with Crippen LogP contribution in [0.25, 0.3) is 0 Å². The van der Waals surface area contributed by atoms with Crippen molar-refractivity contribution in [3.63, 3.8) is 0 Å². The van der Waals surface area contributed by atoms with Crippen LogP contribution in [0.15, 0.2) is 24.3 Å². The van der Waals surface area contributed by atoms with Crippen molar-refractivity contribution in [2.75, 3.05) is 13.1 Å². The van der Waals surface area contributed by atoms with E-state index in [1.807, 2.05) is 31.2 Å². The van der Waals surface area contributed by atoms with E-state index >= 15 is 0 Å². The number of benzene rings is 1. The van der Waals surface area contributed by atoms with Gasteiger partial charge < -0.3 is 21.1 Å². The first-order valence-electron chi connectivity index (χ1n) is 7.50. The molecule has 7 nitrogen and oxygen atoms in total. The van der Waals surface area contributed by atoms with E-state index in [0.29, 0.717) is 13.0 Å². The molecule has 1 aromatic carbocycles. The molecule has 7 heteroatoms. The van der Waals surface area contributed by atoms with Crippen LogP contribution < -0.4 is 11.1 Å². The summed E-state index contributed by atoms with van der Waals surface area (Å²) in [5.74, 6) is -1.58. The molecule has 3 amide bonds. The number of hydrogen-bond donors (Lipinski definition) is 3. The Balaban J connectivity index is 2.09. The minimum absolute atomic E-state index is 0.0557. The van der Waals surface area contributed by atoms with E-state index in [-0.39, 0.29) is 18.9 Å². The Bertz CT molecular complexity index is 617. The van der Waals surface area contributed by atoms with Crippen molar-refractivity contribution in [2.45, 2.75) is 25.8 Å². The van der Waals surface area contributed by atoms with Gasteiger partial charge in [-0.05, 0) is 24.5 Å². The molecule has 0 radical (unpaired) electrons. The largest absolute Gasteiger partial charge is 0.481 e. The molecule has 4 N–H and O–H groups in total. The van der Waals surface area contributed by atoms with E-state index in [2.05, 4.69) is 5.32 Å². The first-order valence-corrected chi connectivity index (χ1v) is 7.50. The lowest BCUT2D eigenvalue weighted by Gasteiger charge is -2.23. The highest BCUT2D eigenvalue weighted by Gasteiger charge is 2.32. The standard InChI is InChI=1S/C16H21N3O4/c1-10-4-2-3-5-12(10)13(18-16(17)23)8-14(20)19-7-6-11(9-19)15(21)22/h2-5,11,13H,6-9H2,1H3,(H,21,22)(H3,17,18,23)/t11-,13-/m1/s1. The third kappa shape index (κ3) is 4.21. The third-order valence-corrected chi connectivity index (χ3v) is 4.15. The predicted octanol–water partition coefficient (Wildman–Crippen LogP) is 1.03. The average Bonchev–Trinajstić information content (AvgIpc) is 2.96. The van der Waals surface area contributed by atoms with Crippen LogP contribution in [-0.2, 0) is 9.59 Å². The molecule has 2 atom stereocenters. The number of carboxylic acid groups (broad SMARTS) is 1. The fourth-order valence-corrected chi connectivity index (χ4v) is 2.88. The van der Waals surface area contributed by atoms with Gasteiger partial charge in [-0.3, -0.25) is 9.59 Å². The number of nitrogens with one attached hydrogen (secondary N) is 1. The van der Waals surface area contributed by atoms with Gasteiger partial charge in [0.25, 0.3) is 0 Å². The molecule has 1 aliphatic heterocycles. The predicted molar refractivity (Wildman–Crippen MR) is 83.6 cm³/mol. The van der Waals surface area contributed by atoms with Crippen molar-refractivity contribution in [3.8, 4) is 0 Å². The second-order valence-corrected chi connectivity index (χ2v) is 5.79. The van der Waals surface area contributed by atoms with E-state index in [0.717, 1.165) is 11.1 Å². The highest BCUT2D eigenvalue weighted by molar-refractivity contribution is 5.80. The van der Waals surface area contributed by atoms with Crippen molar-refractivity contribution >= 4 is 17.9 Å². The highest BCUT2D eigenvalue weighted by atomic mass is 16.4. The summed E-state index contributed by atoms with van der Waals surface area (Å²) >= 11 is 0. The van der Waals surface area contributed by atoms with Crippen LogP contribution in [0.3, 0.4) is 0 Å². The molecule has 1 heterocycles. The molecule has 0 aliphatic carbocycles. The number of hydrogen-bond acceptors (Lipinski definition) is 3. The molecule has 0 bridgehead atoms. The molecule has 23 heavy (non-hydrogen) atoms. The number of nitrogens with two attached hydrogens (primary N) is 1. The van der Waals surface area contributed by atoms with Gasteiger partial charge in [-0.25, -0.2) is 4.79 Å². The van der Waals surface area contributed by atoms with Gasteiger partial charge in [0.2, 0.25) is 5.91 Å². The van der Waals surface area contributed by atoms with Crippen LogP contribution in [0, 0.1) is 12.8 Å². The van der Waals surface area contributed by atoms with Gasteiger partial charge in [0.05, 0.1) is 18.4 Å². The Morgan fingerprint density at radius 3 is 2.65 bits per heavy atom. The van der Waals surface area contributed by atoms with Gasteiger partial charge in [0.1, 0.15) is 0 Å². The van der Waals surface area contributed by atoms with Crippen LogP contribution in [0.2, 0.25) is 0 Å². The molecular formula is C16H21N3O4. The fraction of sp³-hybridized carbons (Fsp3) is 0.438. The Morgan fingerprint density at radius 2 is 2.09 bits per heavy atom.